The Balaban J connectivity index is 2.93. The Morgan fingerprint density at radius 1 is 1.41 bits per heavy atom. The number of rotatable bonds is 5. The van der Waals surface area contributed by atoms with E-state index >= 15 is 0 Å². The van der Waals surface area contributed by atoms with Gasteiger partial charge in [0.2, 0.25) is 0 Å². The van der Waals surface area contributed by atoms with Crippen molar-refractivity contribution in [1.82, 2.24) is 0 Å². The van der Waals surface area contributed by atoms with E-state index in [2.05, 4.69) is 0 Å². The molecule has 0 aliphatic heterocycles. The van der Waals surface area contributed by atoms with E-state index in [4.69, 9.17) is 4.74 Å². The van der Waals surface area contributed by atoms with Gasteiger partial charge in [-0.05, 0) is 24.5 Å². The maximum atomic E-state index is 13.7. The van der Waals surface area contributed by atoms with E-state index in [1.165, 1.54) is 20.1 Å². The average molecular weight is 242 g/mol. The highest BCUT2D eigenvalue weighted by atomic mass is 19.1. The first kappa shape index (κ1) is 13.8. The molecular weight excluding hydrogens is 226 g/mol. The smallest absolute Gasteiger partial charge is 0.169 e. The van der Waals surface area contributed by atoms with Gasteiger partial charge >= 0.3 is 0 Å². The van der Waals surface area contributed by atoms with E-state index in [1.807, 2.05) is 0 Å². The largest absolute Gasteiger partial charge is 0.384 e. The Labute approximate surface area is 99.6 Å². The zero-order chi connectivity index (χ0) is 13.0. The molecule has 0 saturated carbocycles. The highest BCUT2D eigenvalue weighted by Crippen LogP contribution is 2.19. The second kappa shape index (κ2) is 5.87. The van der Waals surface area contributed by atoms with Crippen LogP contribution in [0.5, 0.6) is 0 Å². The molecule has 1 rings (SSSR count). The van der Waals surface area contributed by atoms with Gasteiger partial charge in [-0.1, -0.05) is 13.0 Å². The predicted molar refractivity (Wildman–Crippen MR) is 61.1 cm³/mol. The lowest BCUT2D eigenvalue weighted by molar-refractivity contribution is 0.0912. The standard InChI is InChI=1S/C13H16F2O2/c1-8(7-17-3)6-11(16)12-10(14)5-4-9(2)13(12)15/h4-5,8H,6-7H2,1-3H3. The van der Waals surface area contributed by atoms with Gasteiger partial charge in [-0.3, -0.25) is 4.79 Å². The van der Waals surface area contributed by atoms with Crippen molar-refractivity contribution in [1.29, 1.82) is 0 Å². The number of carbonyl (C=O) groups excluding carboxylic acids is 1. The summed E-state index contributed by atoms with van der Waals surface area (Å²) < 4.78 is 32.0. The van der Waals surface area contributed by atoms with Crippen LogP contribution in [0.1, 0.15) is 29.3 Å². The topological polar surface area (TPSA) is 26.3 Å². The Kier molecular flexibility index (Phi) is 4.75. The molecule has 1 atom stereocenters. The molecule has 1 aromatic carbocycles. The summed E-state index contributed by atoms with van der Waals surface area (Å²) in [4.78, 5) is 11.8. The molecule has 0 radical (unpaired) electrons. The van der Waals surface area contributed by atoms with Gasteiger partial charge < -0.3 is 4.74 Å². The molecule has 0 bridgehead atoms. The lowest BCUT2D eigenvalue weighted by Gasteiger charge is -2.11. The monoisotopic (exact) mass is 242 g/mol. The molecule has 0 N–H and O–H groups in total. The first-order chi connectivity index (χ1) is 7.97. The summed E-state index contributed by atoms with van der Waals surface area (Å²) in [7, 11) is 1.52. The number of halogens is 2. The van der Waals surface area contributed by atoms with E-state index < -0.39 is 23.0 Å². The Bertz CT molecular complexity index is 416. The molecule has 0 saturated heterocycles. The molecule has 0 aromatic heterocycles. The van der Waals surface area contributed by atoms with Crippen molar-refractivity contribution in [2.24, 2.45) is 5.92 Å². The van der Waals surface area contributed by atoms with Crippen molar-refractivity contribution in [3.63, 3.8) is 0 Å². The molecule has 0 spiro atoms. The van der Waals surface area contributed by atoms with Crippen LogP contribution < -0.4 is 0 Å². The third-order valence-electron chi connectivity index (χ3n) is 2.55. The first-order valence-electron chi connectivity index (χ1n) is 5.44. The van der Waals surface area contributed by atoms with Crippen LogP contribution in [0.4, 0.5) is 8.78 Å². The molecule has 4 heteroatoms. The fraction of sp³-hybridized carbons (Fsp3) is 0.462. The summed E-state index contributed by atoms with van der Waals surface area (Å²) >= 11 is 0. The Hall–Kier alpha value is -1.29. The molecule has 1 unspecified atom stereocenters. The van der Waals surface area contributed by atoms with Crippen LogP contribution in [0, 0.1) is 24.5 Å². The first-order valence-corrected chi connectivity index (χ1v) is 5.44. The van der Waals surface area contributed by atoms with Crippen LogP contribution in [-0.4, -0.2) is 19.5 Å². The zero-order valence-corrected chi connectivity index (χ0v) is 10.2. The molecule has 0 heterocycles. The molecule has 94 valence electrons. The van der Waals surface area contributed by atoms with Crippen LogP contribution in [-0.2, 0) is 4.74 Å². The van der Waals surface area contributed by atoms with Gasteiger partial charge in [-0.25, -0.2) is 8.78 Å². The van der Waals surface area contributed by atoms with Gasteiger partial charge in [0, 0.05) is 20.1 Å². The predicted octanol–water partition coefficient (Wildman–Crippen LogP) is 3.13. The van der Waals surface area contributed by atoms with Gasteiger partial charge in [0.15, 0.2) is 5.78 Å². The average Bonchev–Trinajstić information content (AvgIpc) is 2.24. The van der Waals surface area contributed by atoms with Crippen LogP contribution in [0.3, 0.4) is 0 Å². The van der Waals surface area contributed by atoms with Crippen molar-refractivity contribution in [3.05, 3.63) is 34.9 Å². The second-order valence-electron chi connectivity index (χ2n) is 4.24. The van der Waals surface area contributed by atoms with E-state index in [0.717, 1.165) is 6.07 Å². The molecule has 0 aliphatic rings. The molecule has 17 heavy (non-hydrogen) atoms. The number of ketones is 1. The Morgan fingerprint density at radius 2 is 2.06 bits per heavy atom. The van der Waals surface area contributed by atoms with Crippen molar-refractivity contribution >= 4 is 5.78 Å². The van der Waals surface area contributed by atoms with E-state index in [-0.39, 0.29) is 17.9 Å². The van der Waals surface area contributed by atoms with E-state index in [0.29, 0.717) is 6.61 Å². The van der Waals surface area contributed by atoms with Crippen LogP contribution in [0.15, 0.2) is 12.1 Å². The van der Waals surface area contributed by atoms with E-state index in [9.17, 15) is 13.6 Å². The minimum Gasteiger partial charge on any atom is -0.384 e. The maximum Gasteiger partial charge on any atom is 0.169 e. The van der Waals surface area contributed by atoms with Crippen LogP contribution >= 0.6 is 0 Å². The fourth-order valence-corrected chi connectivity index (χ4v) is 1.67. The van der Waals surface area contributed by atoms with Crippen molar-refractivity contribution < 1.29 is 18.3 Å². The van der Waals surface area contributed by atoms with Crippen molar-refractivity contribution in [2.45, 2.75) is 20.3 Å². The van der Waals surface area contributed by atoms with Crippen molar-refractivity contribution in [3.8, 4) is 0 Å². The third-order valence-corrected chi connectivity index (χ3v) is 2.55. The summed E-state index contributed by atoms with van der Waals surface area (Å²) in [5, 5.41) is 0. The minimum atomic E-state index is -0.803. The van der Waals surface area contributed by atoms with Crippen LogP contribution in [0.25, 0.3) is 0 Å². The van der Waals surface area contributed by atoms with Crippen LogP contribution in [0.2, 0.25) is 0 Å². The number of ether oxygens (including phenoxy) is 1. The third kappa shape index (κ3) is 3.33. The fourth-order valence-electron chi connectivity index (χ4n) is 1.67. The molecule has 2 nitrogen and oxygen atoms in total. The van der Waals surface area contributed by atoms with E-state index in [1.54, 1.807) is 6.92 Å². The number of Topliss-reactive ketones (excluding diaryl/α,β-unsaturated/α-hetero) is 1. The molecule has 0 amide bonds. The Morgan fingerprint density at radius 3 is 2.65 bits per heavy atom. The minimum absolute atomic E-state index is 0.0631. The SMILES string of the molecule is COCC(C)CC(=O)c1c(F)ccc(C)c1F. The quantitative estimate of drug-likeness (QED) is 0.741. The number of methoxy groups -OCH3 is 1. The summed E-state index contributed by atoms with van der Waals surface area (Å²) in [6.45, 7) is 3.69. The summed E-state index contributed by atoms with van der Waals surface area (Å²) in [6.07, 6.45) is 0.0745. The van der Waals surface area contributed by atoms with Gasteiger partial charge in [-0.15, -0.1) is 0 Å². The normalized spacial score (nSPS) is 12.5. The lowest BCUT2D eigenvalue weighted by Crippen LogP contribution is -2.14. The molecule has 0 fully saturated rings. The summed E-state index contributed by atoms with van der Waals surface area (Å²) in [5.41, 5.74) is -0.165. The summed E-state index contributed by atoms with van der Waals surface area (Å²) in [5.74, 6) is -2.15. The highest BCUT2D eigenvalue weighted by Gasteiger charge is 2.20. The zero-order valence-electron chi connectivity index (χ0n) is 10.2. The number of hydrogen-bond acceptors (Lipinski definition) is 2. The number of carbonyl (C=O) groups is 1. The molecule has 1 aromatic rings. The van der Waals surface area contributed by atoms with Gasteiger partial charge in [0.25, 0.3) is 0 Å². The van der Waals surface area contributed by atoms with Gasteiger partial charge in [-0.2, -0.15) is 0 Å². The maximum absolute atomic E-state index is 13.7. The number of aryl methyl sites for hydroxylation is 1. The number of hydrogen-bond donors (Lipinski definition) is 0. The lowest BCUT2D eigenvalue weighted by atomic mass is 9.98. The summed E-state index contributed by atoms with van der Waals surface area (Å²) in [6, 6.07) is 2.44. The second-order valence-corrected chi connectivity index (χ2v) is 4.24. The highest BCUT2D eigenvalue weighted by molar-refractivity contribution is 5.96. The number of benzene rings is 1. The molecular formula is C13H16F2O2. The van der Waals surface area contributed by atoms with Gasteiger partial charge in [0.05, 0.1) is 5.56 Å². The van der Waals surface area contributed by atoms with Crippen molar-refractivity contribution in [2.75, 3.05) is 13.7 Å². The molecule has 0 aliphatic carbocycles. The van der Waals surface area contributed by atoms with Gasteiger partial charge in [0.1, 0.15) is 11.6 Å².